The van der Waals surface area contributed by atoms with E-state index in [9.17, 15) is 4.79 Å². The molecule has 2 aromatic heterocycles. The Hall–Kier alpha value is -3.87. The second-order valence-corrected chi connectivity index (χ2v) is 6.53. The van der Waals surface area contributed by atoms with Crippen molar-refractivity contribution in [2.75, 3.05) is 5.32 Å². The minimum atomic E-state index is -0.569. The van der Waals surface area contributed by atoms with E-state index in [0.29, 0.717) is 22.9 Å². The largest absolute Gasteiger partial charge is 0.489 e. The van der Waals surface area contributed by atoms with E-state index in [4.69, 9.17) is 14.9 Å². The van der Waals surface area contributed by atoms with E-state index in [-0.39, 0.29) is 12.3 Å². The van der Waals surface area contributed by atoms with Gasteiger partial charge < -0.3 is 20.2 Å². The molecule has 146 valence electrons. The molecule has 0 spiro atoms. The molecule has 0 saturated heterocycles. The monoisotopic (exact) mass is 388 g/mol. The molecule has 0 bridgehead atoms. The maximum Gasteiger partial charge on any atom is 0.300 e. The Balaban J connectivity index is 1.46. The Labute approximate surface area is 167 Å². The summed E-state index contributed by atoms with van der Waals surface area (Å²) in [4.78, 5) is 19.6. The minimum absolute atomic E-state index is 0.209. The predicted octanol–water partition coefficient (Wildman–Crippen LogP) is 4.21. The number of oxazole rings is 1. The molecule has 7 nitrogen and oxygen atoms in total. The number of ether oxygens (including phenoxy) is 1. The second-order valence-electron chi connectivity index (χ2n) is 6.53. The summed E-state index contributed by atoms with van der Waals surface area (Å²) in [5.41, 5.74) is 9.79. The third kappa shape index (κ3) is 4.35. The van der Waals surface area contributed by atoms with Crippen molar-refractivity contribution in [1.82, 2.24) is 9.97 Å². The molecule has 4 rings (SSSR count). The molecule has 0 aliphatic heterocycles. The van der Waals surface area contributed by atoms with Gasteiger partial charge in [-0.1, -0.05) is 19.1 Å². The van der Waals surface area contributed by atoms with Crippen molar-refractivity contribution < 1.29 is 13.9 Å². The quantitative estimate of drug-likeness (QED) is 0.492. The Morgan fingerprint density at radius 1 is 1.10 bits per heavy atom. The molecule has 29 heavy (non-hydrogen) atoms. The number of nitrogens with two attached hydrogens (primary N) is 1. The highest BCUT2D eigenvalue weighted by Crippen LogP contribution is 2.26. The van der Waals surface area contributed by atoms with Crippen LogP contribution in [0.4, 0.5) is 11.7 Å². The number of hydrogen-bond donors (Lipinski definition) is 2. The summed E-state index contributed by atoms with van der Waals surface area (Å²) < 4.78 is 11.6. The molecule has 0 unspecified atom stereocenters. The van der Waals surface area contributed by atoms with Crippen molar-refractivity contribution in [3.05, 3.63) is 77.6 Å². The fourth-order valence-electron chi connectivity index (χ4n) is 2.86. The van der Waals surface area contributed by atoms with Crippen molar-refractivity contribution in [2.24, 2.45) is 5.73 Å². The fraction of sp³-hybridized carbons (Fsp3) is 0.136. The molecule has 0 radical (unpaired) electrons. The summed E-state index contributed by atoms with van der Waals surface area (Å²) in [6, 6.07) is 17.4. The topological polar surface area (TPSA) is 103 Å². The molecule has 0 fully saturated rings. The van der Waals surface area contributed by atoms with Crippen LogP contribution in [-0.2, 0) is 13.0 Å². The molecule has 0 aliphatic rings. The van der Waals surface area contributed by atoms with Gasteiger partial charge in [-0.3, -0.25) is 9.78 Å². The molecular weight excluding hydrogens is 368 g/mol. The van der Waals surface area contributed by atoms with Gasteiger partial charge in [-0.15, -0.1) is 0 Å². The van der Waals surface area contributed by atoms with Crippen LogP contribution >= 0.6 is 0 Å². The zero-order valence-corrected chi connectivity index (χ0v) is 15.9. The lowest BCUT2D eigenvalue weighted by atomic mass is 10.1. The fourth-order valence-corrected chi connectivity index (χ4v) is 2.86. The first kappa shape index (κ1) is 18.5. The number of hydrogen-bond acceptors (Lipinski definition) is 6. The van der Waals surface area contributed by atoms with Gasteiger partial charge in [0.1, 0.15) is 23.6 Å². The number of anilines is 2. The Kier molecular flexibility index (Phi) is 5.11. The number of carbonyl (C=O) groups is 1. The summed E-state index contributed by atoms with van der Waals surface area (Å²) in [5, 5.41) is 3.17. The highest BCUT2D eigenvalue weighted by atomic mass is 16.5. The molecule has 4 aromatic rings. The number of aromatic nitrogens is 2. The van der Waals surface area contributed by atoms with Crippen molar-refractivity contribution in [3.63, 3.8) is 0 Å². The van der Waals surface area contributed by atoms with Gasteiger partial charge >= 0.3 is 0 Å². The lowest BCUT2D eigenvalue weighted by Gasteiger charge is -2.06. The number of nitrogens with zero attached hydrogens (tertiary/aromatic N) is 2. The minimum Gasteiger partial charge on any atom is -0.489 e. The first-order valence-corrected chi connectivity index (χ1v) is 9.25. The molecule has 3 N–H and O–H groups in total. The highest BCUT2D eigenvalue weighted by molar-refractivity contribution is 5.90. The number of amides is 1. The molecule has 0 atom stereocenters. The first-order valence-electron chi connectivity index (χ1n) is 9.25. The van der Waals surface area contributed by atoms with Crippen LogP contribution in [0.15, 0.2) is 65.2 Å². The van der Waals surface area contributed by atoms with Gasteiger partial charge in [0, 0.05) is 18.0 Å². The van der Waals surface area contributed by atoms with Crippen LogP contribution < -0.4 is 15.8 Å². The molecule has 1 amide bonds. The zero-order chi connectivity index (χ0) is 20.2. The Bertz CT molecular complexity index is 1150. The highest BCUT2D eigenvalue weighted by Gasteiger charge is 2.09. The summed E-state index contributed by atoms with van der Waals surface area (Å²) in [6.07, 6.45) is 2.53. The van der Waals surface area contributed by atoms with Crippen LogP contribution in [0.1, 0.15) is 28.5 Å². The summed E-state index contributed by atoms with van der Waals surface area (Å²) in [6.45, 7) is 2.40. The molecule has 2 aromatic carbocycles. The predicted molar refractivity (Wildman–Crippen MR) is 110 cm³/mol. The molecule has 0 saturated carbocycles. The summed E-state index contributed by atoms with van der Waals surface area (Å²) in [5.74, 6) is 0.0716. The van der Waals surface area contributed by atoms with E-state index in [0.717, 1.165) is 17.7 Å². The molecular formula is C22H20N4O3. The number of nitrogens with one attached hydrogen (secondary N) is 1. The van der Waals surface area contributed by atoms with Gasteiger partial charge in [0.2, 0.25) is 0 Å². The van der Waals surface area contributed by atoms with Crippen LogP contribution in [0.2, 0.25) is 0 Å². The Morgan fingerprint density at radius 2 is 1.93 bits per heavy atom. The number of primary amides is 1. The summed E-state index contributed by atoms with van der Waals surface area (Å²) >= 11 is 0. The van der Waals surface area contributed by atoms with Crippen molar-refractivity contribution in [2.45, 2.75) is 20.0 Å². The van der Waals surface area contributed by atoms with Crippen molar-refractivity contribution in [1.29, 1.82) is 0 Å². The average molecular weight is 388 g/mol. The molecule has 7 heteroatoms. The number of pyridine rings is 1. The lowest BCUT2D eigenvalue weighted by molar-refractivity contribution is 0.0995. The summed E-state index contributed by atoms with van der Waals surface area (Å²) in [7, 11) is 0. The van der Waals surface area contributed by atoms with Gasteiger partial charge in [-0.25, -0.2) is 0 Å². The third-order valence-corrected chi connectivity index (χ3v) is 4.45. The number of fused-ring (bicyclic) bond motifs is 1. The van der Waals surface area contributed by atoms with Gasteiger partial charge in [-0.2, -0.15) is 4.98 Å². The molecule has 0 aliphatic carbocycles. The van der Waals surface area contributed by atoms with Crippen LogP contribution in [0.25, 0.3) is 11.1 Å². The number of carbonyl (C=O) groups excluding carboxylic acids is 1. The van der Waals surface area contributed by atoms with Crippen LogP contribution in [0.5, 0.6) is 5.75 Å². The van der Waals surface area contributed by atoms with Gasteiger partial charge in [0.25, 0.3) is 11.9 Å². The number of rotatable bonds is 7. The van der Waals surface area contributed by atoms with Crippen molar-refractivity contribution in [3.8, 4) is 5.75 Å². The van der Waals surface area contributed by atoms with E-state index in [1.807, 2.05) is 24.3 Å². The normalized spacial score (nSPS) is 10.8. The first-order chi connectivity index (χ1) is 14.1. The van der Waals surface area contributed by atoms with E-state index >= 15 is 0 Å². The van der Waals surface area contributed by atoms with Crippen LogP contribution in [0, 0.1) is 0 Å². The molecule has 2 heterocycles. The smallest absolute Gasteiger partial charge is 0.300 e. The van der Waals surface area contributed by atoms with Crippen molar-refractivity contribution >= 4 is 28.7 Å². The number of aryl methyl sites for hydroxylation is 1. The van der Waals surface area contributed by atoms with E-state index in [1.54, 1.807) is 18.2 Å². The van der Waals surface area contributed by atoms with Crippen LogP contribution in [-0.4, -0.2) is 15.9 Å². The van der Waals surface area contributed by atoms with Gasteiger partial charge in [0.05, 0.1) is 0 Å². The number of benzene rings is 2. The van der Waals surface area contributed by atoms with Gasteiger partial charge in [-0.05, 0) is 53.9 Å². The lowest BCUT2D eigenvalue weighted by Crippen LogP contribution is -2.13. The maximum atomic E-state index is 11.2. The van der Waals surface area contributed by atoms with E-state index in [2.05, 4.69) is 34.3 Å². The van der Waals surface area contributed by atoms with Crippen LogP contribution in [0.3, 0.4) is 0 Å². The SMILES string of the molecule is CCc1ccc(Nc2nc3cc(OCc4ccnc(C(N)=O)c4)ccc3o2)cc1. The second kappa shape index (κ2) is 8.02. The van der Waals surface area contributed by atoms with Gasteiger partial charge in [0.15, 0.2) is 5.58 Å². The maximum absolute atomic E-state index is 11.2. The zero-order valence-electron chi connectivity index (χ0n) is 15.9. The standard InChI is InChI=1S/C22H20N4O3/c1-2-14-3-5-16(6-4-14)25-22-26-18-12-17(7-8-20(18)29-22)28-13-15-9-10-24-19(11-15)21(23)27/h3-12H,2,13H2,1H3,(H2,23,27)(H,25,26). The average Bonchev–Trinajstić information content (AvgIpc) is 3.14. The van der Waals surface area contributed by atoms with E-state index < -0.39 is 5.91 Å². The van der Waals surface area contributed by atoms with E-state index in [1.165, 1.54) is 11.8 Å². The third-order valence-electron chi connectivity index (χ3n) is 4.45. The Morgan fingerprint density at radius 3 is 2.69 bits per heavy atom.